The van der Waals surface area contributed by atoms with Crippen molar-refractivity contribution in [1.82, 2.24) is 5.32 Å². The predicted octanol–water partition coefficient (Wildman–Crippen LogP) is 3.03. The largest absolute Gasteiger partial charge is 0.507 e. The highest BCUT2D eigenvalue weighted by Gasteiger charge is 2.05. The summed E-state index contributed by atoms with van der Waals surface area (Å²) >= 11 is 0. The van der Waals surface area contributed by atoms with Crippen LogP contribution in [0.2, 0.25) is 0 Å². The average molecular weight is 327 g/mol. The number of hydrogen-bond donors (Lipinski definition) is 3. The summed E-state index contributed by atoms with van der Waals surface area (Å²) in [5.41, 5.74) is 1.32. The van der Waals surface area contributed by atoms with Gasteiger partial charge in [0, 0.05) is 12.1 Å². The van der Waals surface area contributed by atoms with Crippen LogP contribution in [-0.4, -0.2) is 28.8 Å². The molecule has 0 fully saturated rings. The van der Waals surface area contributed by atoms with E-state index in [2.05, 4.69) is 5.32 Å². The van der Waals surface area contributed by atoms with Gasteiger partial charge in [-0.05, 0) is 23.8 Å². The summed E-state index contributed by atoms with van der Waals surface area (Å²) in [5, 5.41) is 21.1. The molecule has 6 nitrogen and oxygen atoms in total. The van der Waals surface area contributed by atoms with E-state index in [4.69, 9.17) is 9.84 Å². The summed E-state index contributed by atoms with van der Waals surface area (Å²) in [7, 11) is 0. The zero-order chi connectivity index (χ0) is 17.4. The smallest absolute Gasteiger partial charge is 0.407 e. The Morgan fingerprint density at radius 1 is 1.12 bits per heavy atom. The van der Waals surface area contributed by atoms with Crippen LogP contribution in [0.5, 0.6) is 5.75 Å². The molecule has 3 N–H and O–H groups in total. The van der Waals surface area contributed by atoms with Crippen LogP contribution in [0.15, 0.2) is 54.6 Å². The van der Waals surface area contributed by atoms with Crippen LogP contribution in [0.3, 0.4) is 0 Å². The molecule has 6 heteroatoms. The number of aromatic carboxylic acids is 1. The third-order valence-electron chi connectivity index (χ3n) is 3.15. The molecule has 0 unspecified atom stereocenters. The zero-order valence-corrected chi connectivity index (χ0v) is 12.8. The van der Waals surface area contributed by atoms with Crippen LogP contribution in [-0.2, 0) is 11.3 Å². The van der Waals surface area contributed by atoms with E-state index in [-0.39, 0.29) is 24.5 Å². The van der Waals surface area contributed by atoms with Gasteiger partial charge in [-0.3, -0.25) is 0 Å². The Balaban J connectivity index is 1.81. The highest BCUT2D eigenvalue weighted by atomic mass is 16.5. The van der Waals surface area contributed by atoms with E-state index < -0.39 is 12.1 Å². The van der Waals surface area contributed by atoms with Gasteiger partial charge in [0.05, 0.1) is 5.56 Å². The zero-order valence-electron chi connectivity index (χ0n) is 12.8. The molecule has 0 aromatic heterocycles. The van der Waals surface area contributed by atoms with Crippen LogP contribution in [0.4, 0.5) is 4.79 Å². The summed E-state index contributed by atoms with van der Waals surface area (Å²) in [4.78, 5) is 22.4. The molecule has 124 valence electrons. The van der Waals surface area contributed by atoms with E-state index in [9.17, 15) is 14.7 Å². The number of phenolic OH excluding ortho intramolecular Hbond substituents is 1. The number of phenols is 1. The molecule has 2 aromatic rings. The van der Waals surface area contributed by atoms with Gasteiger partial charge in [0.15, 0.2) is 0 Å². The standard InChI is InChI=1S/C18H17NO5/c20-16-9-8-15(17(21)22)11-14(16)7-4-10-19-18(23)24-12-13-5-2-1-3-6-13/h1-9,11,20H,10,12H2,(H,19,23)(H,21,22). The van der Waals surface area contributed by atoms with Crippen LogP contribution in [0.1, 0.15) is 21.5 Å². The number of benzene rings is 2. The first-order valence-electron chi connectivity index (χ1n) is 7.23. The second kappa shape index (κ2) is 8.38. The van der Waals surface area contributed by atoms with Gasteiger partial charge in [-0.2, -0.15) is 0 Å². The number of nitrogens with one attached hydrogen (secondary N) is 1. The number of amides is 1. The summed E-state index contributed by atoms with van der Waals surface area (Å²) in [5.74, 6) is -1.12. The number of carboxylic acids is 1. The van der Waals surface area contributed by atoms with E-state index in [1.54, 1.807) is 6.08 Å². The molecule has 0 radical (unpaired) electrons. The van der Waals surface area contributed by atoms with Crippen LogP contribution >= 0.6 is 0 Å². The maximum atomic E-state index is 11.5. The minimum atomic E-state index is -1.08. The Morgan fingerprint density at radius 2 is 1.88 bits per heavy atom. The molecule has 2 rings (SSSR count). The summed E-state index contributed by atoms with van der Waals surface area (Å²) in [6, 6.07) is 13.3. The Labute approximate surface area is 139 Å². The Morgan fingerprint density at radius 3 is 2.58 bits per heavy atom. The van der Waals surface area contributed by atoms with Gasteiger partial charge in [-0.1, -0.05) is 42.5 Å². The molecule has 2 aromatic carbocycles. The van der Waals surface area contributed by atoms with Gasteiger partial charge < -0.3 is 20.3 Å². The van der Waals surface area contributed by atoms with E-state index in [0.29, 0.717) is 5.56 Å². The monoisotopic (exact) mass is 327 g/mol. The van der Waals surface area contributed by atoms with Crippen molar-refractivity contribution in [2.45, 2.75) is 6.61 Å². The molecule has 0 aliphatic rings. The highest BCUT2D eigenvalue weighted by Crippen LogP contribution is 2.19. The van der Waals surface area contributed by atoms with Gasteiger partial charge >= 0.3 is 12.1 Å². The molecule has 0 heterocycles. The molecule has 1 amide bonds. The van der Waals surface area contributed by atoms with Crippen molar-refractivity contribution in [3.05, 3.63) is 71.3 Å². The lowest BCUT2D eigenvalue weighted by Crippen LogP contribution is -2.24. The minimum Gasteiger partial charge on any atom is -0.507 e. The maximum Gasteiger partial charge on any atom is 0.407 e. The molecule has 0 atom stereocenters. The molecular formula is C18H17NO5. The maximum absolute atomic E-state index is 11.5. The first-order valence-corrected chi connectivity index (χ1v) is 7.23. The third kappa shape index (κ3) is 5.17. The molecule has 0 aliphatic heterocycles. The van der Waals surface area contributed by atoms with Crippen molar-refractivity contribution in [3.63, 3.8) is 0 Å². The summed E-state index contributed by atoms with van der Waals surface area (Å²) < 4.78 is 5.04. The number of ether oxygens (including phenoxy) is 1. The average Bonchev–Trinajstić information content (AvgIpc) is 2.59. The van der Waals surface area contributed by atoms with Crippen LogP contribution in [0, 0.1) is 0 Å². The van der Waals surface area contributed by atoms with Crippen molar-refractivity contribution in [2.24, 2.45) is 0 Å². The number of alkyl carbamates (subject to hydrolysis) is 1. The number of rotatable bonds is 6. The third-order valence-corrected chi connectivity index (χ3v) is 3.15. The van der Waals surface area contributed by atoms with Crippen molar-refractivity contribution in [3.8, 4) is 5.75 Å². The quantitative estimate of drug-likeness (QED) is 0.758. The number of aromatic hydroxyl groups is 1. The fourth-order valence-electron chi connectivity index (χ4n) is 1.92. The summed E-state index contributed by atoms with van der Waals surface area (Å²) in [6.07, 6.45) is 2.55. The van der Waals surface area contributed by atoms with Crippen LogP contribution in [0.25, 0.3) is 6.08 Å². The van der Waals surface area contributed by atoms with Gasteiger partial charge in [0.25, 0.3) is 0 Å². The second-order valence-corrected chi connectivity index (χ2v) is 4.92. The fourth-order valence-corrected chi connectivity index (χ4v) is 1.92. The number of carbonyl (C=O) groups excluding carboxylic acids is 1. The molecule has 0 aliphatic carbocycles. The van der Waals surface area contributed by atoms with Crippen molar-refractivity contribution in [1.29, 1.82) is 0 Å². The second-order valence-electron chi connectivity index (χ2n) is 4.92. The Kier molecular flexibility index (Phi) is 5.96. The lowest BCUT2D eigenvalue weighted by atomic mass is 10.1. The Bertz CT molecular complexity index is 740. The van der Waals surface area contributed by atoms with Gasteiger partial charge in [-0.15, -0.1) is 0 Å². The van der Waals surface area contributed by atoms with Gasteiger partial charge in [0.1, 0.15) is 12.4 Å². The molecule has 0 spiro atoms. The molecule has 0 saturated carbocycles. The number of carboxylic acid groups (broad SMARTS) is 1. The van der Waals surface area contributed by atoms with Crippen molar-refractivity contribution < 1.29 is 24.5 Å². The van der Waals surface area contributed by atoms with E-state index in [1.807, 2.05) is 30.3 Å². The Hall–Kier alpha value is -3.28. The van der Waals surface area contributed by atoms with Crippen LogP contribution < -0.4 is 5.32 Å². The minimum absolute atomic E-state index is 0.0390. The van der Waals surface area contributed by atoms with E-state index in [0.717, 1.165) is 5.56 Å². The lowest BCUT2D eigenvalue weighted by Gasteiger charge is -2.05. The highest BCUT2D eigenvalue weighted by molar-refractivity contribution is 5.88. The van der Waals surface area contributed by atoms with Gasteiger partial charge in [-0.25, -0.2) is 9.59 Å². The predicted molar refractivity (Wildman–Crippen MR) is 88.7 cm³/mol. The fraction of sp³-hybridized carbons (Fsp3) is 0.111. The summed E-state index contributed by atoms with van der Waals surface area (Å²) in [6.45, 7) is 0.363. The molecule has 24 heavy (non-hydrogen) atoms. The van der Waals surface area contributed by atoms with Gasteiger partial charge in [0.2, 0.25) is 0 Å². The van der Waals surface area contributed by atoms with Crippen molar-refractivity contribution >= 4 is 18.1 Å². The molecular weight excluding hydrogens is 310 g/mol. The lowest BCUT2D eigenvalue weighted by molar-refractivity contribution is 0.0696. The van der Waals surface area contributed by atoms with E-state index >= 15 is 0 Å². The molecule has 0 bridgehead atoms. The first-order chi connectivity index (χ1) is 11.6. The van der Waals surface area contributed by atoms with Crippen molar-refractivity contribution in [2.75, 3.05) is 6.54 Å². The SMILES string of the molecule is O=C(NCC=Cc1cc(C(=O)O)ccc1O)OCc1ccccc1. The van der Waals surface area contributed by atoms with E-state index in [1.165, 1.54) is 24.3 Å². The normalized spacial score (nSPS) is 10.5. The molecule has 0 saturated heterocycles. The first kappa shape index (κ1) is 17.1. The topological polar surface area (TPSA) is 95.9 Å². The number of carbonyl (C=O) groups is 2. The number of hydrogen-bond acceptors (Lipinski definition) is 4.